The fourth-order valence-electron chi connectivity index (χ4n) is 1.05. The Balaban J connectivity index is 0.000000845. The average Bonchev–Trinajstić information content (AvgIpc) is 2.46. The van der Waals surface area contributed by atoms with Crippen LogP contribution < -0.4 is 5.73 Å². The number of rotatable bonds is 1. The average molecular weight is 203 g/mol. The van der Waals surface area contributed by atoms with Crippen molar-refractivity contribution in [1.82, 2.24) is 4.98 Å². The van der Waals surface area contributed by atoms with E-state index in [4.69, 9.17) is 10.2 Å². The zero-order chi connectivity index (χ0) is 8.55. The summed E-state index contributed by atoms with van der Waals surface area (Å²) in [6, 6.07) is 4.43. The summed E-state index contributed by atoms with van der Waals surface area (Å²) in [6.45, 7) is 0.304. The van der Waals surface area contributed by atoms with Crippen LogP contribution in [0.25, 0.3) is 11.1 Å². The van der Waals surface area contributed by atoms with Crippen molar-refractivity contribution in [3.63, 3.8) is 0 Å². The summed E-state index contributed by atoms with van der Waals surface area (Å²) in [5, 5.41) is 0. The Kier molecular flexibility index (Phi) is 2.85. The van der Waals surface area contributed by atoms with E-state index in [1.165, 1.54) is 12.1 Å². The second-order valence-electron chi connectivity index (χ2n) is 2.43. The molecule has 0 amide bonds. The van der Waals surface area contributed by atoms with Gasteiger partial charge in [-0.25, -0.2) is 4.98 Å². The Morgan fingerprint density at radius 1 is 1.46 bits per heavy atom. The lowest BCUT2D eigenvalue weighted by Crippen LogP contribution is -1.92. The molecule has 2 N–H and O–H groups in total. The Labute approximate surface area is 80.2 Å². The molecule has 0 aromatic carbocycles. The molecule has 0 unspecified atom stereocenters. The highest BCUT2D eigenvalue weighted by Gasteiger charge is 2.03. The van der Waals surface area contributed by atoms with Gasteiger partial charge in [-0.15, -0.1) is 12.4 Å². The third-order valence-electron chi connectivity index (χ3n) is 1.59. The molecule has 13 heavy (non-hydrogen) atoms. The van der Waals surface area contributed by atoms with Gasteiger partial charge in [0.25, 0.3) is 0 Å². The van der Waals surface area contributed by atoms with Gasteiger partial charge in [-0.3, -0.25) is 0 Å². The van der Waals surface area contributed by atoms with Crippen LogP contribution in [0.2, 0.25) is 0 Å². The molecule has 0 bridgehead atoms. The lowest BCUT2D eigenvalue weighted by Gasteiger charge is -1.86. The number of hydrogen-bond acceptors (Lipinski definition) is 3. The number of pyridine rings is 1. The van der Waals surface area contributed by atoms with Gasteiger partial charge in [-0.1, -0.05) is 0 Å². The van der Waals surface area contributed by atoms with Crippen molar-refractivity contribution in [2.75, 3.05) is 0 Å². The van der Waals surface area contributed by atoms with E-state index in [0.717, 1.165) is 0 Å². The summed E-state index contributed by atoms with van der Waals surface area (Å²) < 4.78 is 17.8. The summed E-state index contributed by atoms with van der Waals surface area (Å²) in [6.07, 6.45) is 0. The first kappa shape index (κ1) is 9.95. The summed E-state index contributed by atoms with van der Waals surface area (Å²) >= 11 is 0. The zero-order valence-electron chi connectivity index (χ0n) is 6.66. The van der Waals surface area contributed by atoms with Crippen LogP contribution >= 0.6 is 12.4 Å². The molecule has 3 nitrogen and oxygen atoms in total. The number of halogens is 2. The van der Waals surface area contributed by atoms with Crippen molar-refractivity contribution in [1.29, 1.82) is 0 Å². The predicted molar refractivity (Wildman–Crippen MR) is 49.1 cm³/mol. The fraction of sp³-hybridized carbons (Fsp3) is 0.125. The number of furan rings is 1. The number of hydrogen-bond donors (Lipinski definition) is 1. The number of aromatic nitrogens is 1. The van der Waals surface area contributed by atoms with E-state index in [-0.39, 0.29) is 12.4 Å². The summed E-state index contributed by atoms with van der Waals surface area (Å²) in [5.41, 5.74) is 6.41. The maximum absolute atomic E-state index is 12.6. The van der Waals surface area contributed by atoms with Crippen LogP contribution in [0.4, 0.5) is 4.39 Å². The van der Waals surface area contributed by atoms with Gasteiger partial charge < -0.3 is 10.2 Å². The van der Waals surface area contributed by atoms with Gasteiger partial charge in [0, 0.05) is 6.07 Å². The van der Waals surface area contributed by atoms with Crippen molar-refractivity contribution >= 4 is 23.5 Å². The Morgan fingerprint density at radius 2 is 2.23 bits per heavy atom. The first-order valence-corrected chi connectivity index (χ1v) is 3.54. The first-order valence-electron chi connectivity index (χ1n) is 3.54. The second-order valence-corrected chi connectivity index (χ2v) is 2.43. The van der Waals surface area contributed by atoms with Gasteiger partial charge in [-0.05, 0) is 12.1 Å². The van der Waals surface area contributed by atoms with Crippen molar-refractivity contribution in [2.45, 2.75) is 6.54 Å². The van der Waals surface area contributed by atoms with Gasteiger partial charge in [-0.2, -0.15) is 4.39 Å². The Hall–Kier alpha value is -1.13. The fourth-order valence-corrected chi connectivity index (χ4v) is 1.05. The molecule has 2 aromatic rings. The molecule has 0 fully saturated rings. The number of nitrogens with two attached hydrogens (primary N) is 1. The predicted octanol–water partition coefficient (Wildman–Crippen LogP) is 1.85. The number of nitrogens with zero attached hydrogens (tertiary/aromatic N) is 1. The van der Waals surface area contributed by atoms with Gasteiger partial charge in [0.2, 0.25) is 5.95 Å². The van der Waals surface area contributed by atoms with E-state index < -0.39 is 5.95 Å². The van der Waals surface area contributed by atoms with Crippen molar-refractivity contribution in [3.05, 3.63) is 29.9 Å². The monoisotopic (exact) mass is 202 g/mol. The molecule has 0 saturated carbocycles. The minimum absolute atomic E-state index is 0. The number of fused-ring (bicyclic) bond motifs is 1. The molecule has 0 radical (unpaired) electrons. The minimum atomic E-state index is -0.508. The topological polar surface area (TPSA) is 52.0 Å². The standard InChI is InChI=1S/C8H7FN2O.ClH/c9-8-2-1-7-6(11-8)3-5(4-10)12-7;/h1-3H,4,10H2;1H. The molecule has 5 heteroatoms. The van der Waals surface area contributed by atoms with Crippen LogP contribution in [0.5, 0.6) is 0 Å². The molecule has 0 aliphatic heterocycles. The summed E-state index contributed by atoms with van der Waals surface area (Å²) in [5.74, 6) is 0.106. The molecule has 2 heterocycles. The van der Waals surface area contributed by atoms with E-state index in [9.17, 15) is 4.39 Å². The minimum Gasteiger partial charge on any atom is -0.458 e. The van der Waals surface area contributed by atoms with Gasteiger partial charge >= 0.3 is 0 Å². The largest absolute Gasteiger partial charge is 0.458 e. The van der Waals surface area contributed by atoms with E-state index in [0.29, 0.717) is 23.4 Å². The summed E-state index contributed by atoms with van der Waals surface area (Å²) in [7, 11) is 0. The second kappa shape index (κ2) is 3.72. The van der Waals surface area contributed by atoms with E-state index >= 15 is 0 Å². The molecular formula is C8H8ClFN2O. The van der Waals surface area contributed by atoms with Crippen molar-refractivity contribution < 1.29 is 8.81 Å². The maximum Gasteiger partial charge on any atom is 0.213 e. The smallest absolute Gasteiger partial charge is 0.213 e. The van der Waals surface area contributed by atoms with E-state index in [1.54, 1.807) is 6.07 Å². The van der Waals surface area contributed by atoms with Crippen LogP contribution in [-0.2, 0) is 6.54 Å². The van der Waals surface area contributed by atoms with E-state index in [1.807, 2.05) is 0 Å². The molecule has 2 rings (SSSR count). The SMILES string of the molecule is Cl.NCc1cc2nc(F)ccc2o1. The van der Waals surface area contributed by atoms with Crippen LogP contribution in [-0.4, -0.2) is 4.98 Å². The molecule has 70 valence electrons. The quantitative estimate of drug-likeness (QED) is 0.718. The molecule has 0 atom stereocenters. The van der Waals surface area contributed by atoms with Gasteiger partial charge in [0.1, 0.15) is 11.3 Å². The molecule has 0 saturated heterocycles. The molecule has 0 spiro atoms. The maximum atomic E-state index is 12.6. The highest BCUT2D eigenvalue weighted by molar-refractivity contribution is 5.85. The Bertz CT molecular complexity index is 415. The van der Waals surface area contributed by atoms with Crippen molar-refractivity contribution in [2.24, 2.45) is 5.73 Å². The third-order valence-corrected chi connectivity index (χ3v) is 1.59. The highest BCUT2D eigenvalue weighted by atomic mass is 35.5. The molecule has 0 aliphatic rings. The molecule has 2 aromatic heterocycles. The van der Waals surface area contributed by atoms with Crippen LogP contribution in [0, 0.1) is 5.95 Å². The first-order chi connectivity index (χ1) is 5.79. The Morgan fingerprint density at radius 3 is 2.92 bits per heavy atom. The molecular weight excluding hydrogens is 195 g/mol. The van der Waals surface area contributed by atoms with Gasteiger partial charge in [0.15, 0.2) is 5.58 Å². The van der Waals surface area contributed by atoms with Crippen LogP contribution in [0.1, 0.15) is 5.76 Å². The highest BCUT2D eigenvalue weighted by Crippen LogP contribution is 2.16. The van der Waals surface area contributed by atoms with Crippen LogP contribution in [0.3, 0.4) is 0 Å². The normalized spacial score (nSPS) is 10.0. The third kappa shape index (κ3) is 1.79. The van der Waals surface area contributed by atoms with Crippen molar-refractivity contribution in [3.8, 4) is 0 Å². The summed E-state index contributed by atoms with van der Waals surface area (Å²) in [4.78, 5) is 3.63. The molecule has 0 aliphatic carbocycles. The van der Waals surface area contributed by atoms with Gasteiger partial charge in [0.05, 0.1) is 6.54 Å². The lowest BCUT2D eigenvalue weighted by atomic mass is 10.4. The zero-order valence-corrected chi connectivity index (χ0v) is 7.47. The van der Waals surface area contributed by atoms with Crippen LogP contribution in [0.15, 0.2) is 22.6 Å². The van der Waals surface area contributed by atoms with E-state index in [2.05, 4.69) is 4.98 Å². The lowest BCUT2D eigenvalue weighted by molar-refractivity contribution is 0.549.